The molecule has 0 spiro atoms. The number of aryl methyl sites for hydroxylation is 1. The van der Waals surface area contributed by atoms with Crippen molar-refractivity contribution < 1.29 is 4.42 Å². The molecule has 0 unspecified atom stereocenters. The summed E-state index contributed by atoms with van der Waals surface area (Å²) in [7, 11) is 0. The highest BCUT2D eigenvalue weighted by Gasteiger charge is 2.17. The van der Waals surface area contributed by atoms with E-state index in [0.717, 1.165) is 30.7 Å². The van der Waals surface area contributed by atoms with E-state index in [9.17, 15) is 0 Å². The van der Waals surface area contributed by atoms with Crippen molar-refractivity contribution in [1.29, 1.82) is 0 Å². The average Bonchev–Trinajstić information content (AvgIpc) is 2.68. The lowest BCUT2D eigenvalue weighted by Crippen LogP contribution is -2.25. The van der Waals surface area contributed by atoms with Crippen molar-refractivity contribution in [3.63, 3.8) is 0 Å². The van der Waals surface area contributed by atoms with Crippen LogP contribution < -0.4 is 5.32 Å². The lowest BCUT2D eigenvalue weighted by molar-refractivity contribution is 0.279. The van der Waals surface area contributed by atoms with Crippen LogP contribution in [-0.4, -0.2) is 6.54 Å². The van der Waals surface area contributed by atoms with Crippen LogP contribution in [0.3, 0.4) is 0 Å². The van der Waals surface area contributed by atoms with Gasteiger partial charge in [-0.05, 0) is 49.8 Å². The Bertz CT molecular complexity index is 310. The van der Waals surface area contributed by atoms with Crippen LogP contribution in [0.25, 0.3) is 0 Å². The van der Waals surface area contributed by atoms with Gasteiger partial charge in [-0.2, -0.15) is 0 Å². The van der Waals surface area contributed by atoms with Gasteiger partial charge in [-0.25, -0.2) is 0 Å². The molecule has 2 rings (SSSR count). The average molecular weight is 221 g/mol. The highest BCUT2D eigenvalue weighted by Crippen LogP contribution is 2.27. The number of furan rings is 1. The summed E-state index contributed by atoms with van der Waals surface area (Å²) in [6, 6.07) is 2.03. The van der Waals surface area contributed by atoms with E-state index < -0.39 is 0 Å². The minimum atomic E-state index is 0.880. The van der Waals surface area contributed by atoms with Gasteiger partial charge in [0, 0.05) is 0 Å². The van der Waals surface area contributed by atoms with Gasteiger partial charge in [-0.15, -0.1) is 0 Å². The van der Waals surface area contributed by atoms with Gasteiger partial charge in [0.25, 0.3) is 0 Å². The van der Waals surface area contributed by atoms with Gasteiger partial charge < -0.3 is 9.73 Å². The summed E-state index contributed by atoms with van der Waals surface area (Å²) in [4.78, 5) is 0. The van der Waals surface area contributed by atoms with Crippen LogP contribution in [0.1, 0.15) is 43.9 Å². The van der Waals surface area contributed by atoms with Crippen LogP contribution in [-0.2, 0) is 6.54 Å². The normalized spacial score (nSPS) is 25.9. The summed E-state index contributed by atoms with van der Waals surface area (Å²) in [6.45, 7) is 6.50. The third kappa shape index (κ3) is 3.11. The van der Waals surface area contributed by atoms with Crippen molar-refractivity contribution in [1.82, 2.24) is 5.32 Å². The predicted molar refractivity (Wildman–Crippen MR) is 66.3 cm³/mol. The molecule has 1 N–H and O–H groups in total. The van der Waals surface area contributed by atoms with Gasteiger partial charge in [-0.3, -0.25) is 0 Å². The maximum Gasteiger partial charge on any atom is 0.120 e. The Labute approximate surface area is 98.4 Å². The highest BCUT2D eigenvalue weighted by atomic mass is 16.3. The van der Waals surface area contributed by atoms with Crippen molar-refractivity contribution in [3.8, 4) is 0 Å². The Kier molecular flexibility index (Phi) is 4.05. The second-order valence-electron chi connectivity index (χ2n) is 5.28. The molecule has 1 fully saturated rings. The summed E-state index contributed by atoms with van der Waals surface area (Å²) < 4.78 is 5.41. The van der Waals surface area contributed by atoms with Crippen LogP contribution in [0, 0.1) is 18.8 Å². The predicted octanol–water partition coefficient (Wildman–Crippen LogP) is 3.50. The van der Waals surface area contributed by atoms with Gasteiger partial charge in [0.15, 0.2) is 0 Å². The molecule has 0 aliphatic heterocycles. The monoisotopic (exact) mass is 221 g/mol. The van der Waals surface area contributed by atoms with Crippen molar-refractivity contribution in [2.45, 2.75) is 46.1 Å². The van der Waals surface area contributed by atoms with Crippen molar-refractivity contribution >= 4 is 0 Å². The van der Waals surface area contributed by atoms with E-state index in [1.807, 2.05) is 6.07 Å². The molecule has 1 aliphatic rings. The Morgan fingerprint density at radius 2 is 2.06 bits per heavy atom. The van der Waals surface area contributed by atoms with E-state index in [1.165, 1.54) is 31.2 Å². The molecule has 2 nitrogen and oxygen atoms in total. The zero-order valence-electron chi connectivity index (χ0n) is 10.5. The largest absolute Gasteiger partial charge is 0.468 e. The van der Waals surface area contributed by atoms with Crippen LogP contribution in [0.4, 0.5) is 0 Å². The van der Waals surface area contributed by atoms with Gasteiger partial charge in [-0.1, -0.05) is 19.8 Å². The van der Waals surface area contributed by atoms with Gasteiger partial charge in [0.1, 0.15) is 5.76 Å². The van der Waals surface area contributed by atoms with E-state index >= 15 is 0 Å². The third-order valence-electron chi connectivity index (χ3n) is 3.82. The quantitative estimate of drug-likeness (QED) is 0.841. The number of hydrogen-bond acceptors (Lipinski definition) is 2. The molecule has 0 aromatic carbocycles. The van der Waals surface area contributed by atoms with Crippen LogP contribution in [0.2, 0.25) is 0 Å². The molecule has 1 aromatic rings. The lowest BCUT2D eigenvalue weighted by atomic mass is 9.83. The van der Waals surface area contributed by atoms with E-state index in [1.54, 1.807) is 6.26 Å². The Hall–Kier alpha value is -0.760. The van der Waals surface area contributed by atoms with E-state index in [-0.39, 0.29) is 0 Å². The first-order valence-corrected chi connectivity index (χ1v) is 6.49. The van der Waals surface area contributed by atoms with Gasteiger partial charge in [0.05, 0.1) is 12.8 Å². The van der Waals surface area contributed by atoms with Crippen molar-refractivity contribution in [3.05, 3.63) is 23.7 Å². The van der Waals surface area contributed by atoms with E-state index in [0.29, 0.717) is 0 Å². The highest BCUT2D eigenvalue weighted by molar-refractivity contribution is 5.14. The summed E-state index contributed by atoms with van der Waals surface area (Å²) in [6.07, 6.45) is 7.38. The fraction of sp³-hybridized carbons (Fsp3) is 0.714. The Morgan fingerprint density at radius 3 is 2.69 bits per heavy atom. The maximum atomic E-state index is 5.41. The molecule has 0 bridgehead atoms. The minimum Gasteiger partial charge on any atom is -0.468 e. The zero-order chi connectivity index (χ0) is 11.4. The molecule has 0 radical (unpaired) electrons. The molecule has 1 heterocycles. The smallest absolute Gasteiger partial charge is 0.120 e. The molecule has 16 heavy (non-hydrogen) atoms. The molecule has 1 saturated carbocycles. The summed E-state index contributed by atoms with van der Waals surface area (Å²) >= 11 is 0. The fourth-order valence-corrected chi connectivity index (χ4v) is 2.51. The lowest BCUT2D eigenvalue weighted by Gasteiger charge is -2.26. The van der Waals surface area contributed by atoms with Crippen molar-refractivity contribution in [2.75, 3.05) is 6.54 Å². The van der Waals surface area contributed by atoms with E-state index in [2.05, 4.69) is 19.2 Å². The molecule has 0 atom stereocenters. The molecule has 1 aromatic heterocycles. The first-order valence-electron chi connectivity index (χ1n) is 6.49. The molecule has 0 saturated heterocycles. The second-order valence-corrected chi connectivity index (χ2v) is 5.28. The standard InChI is InChI=1S/C14H23NO/c1-11-3-5-13(6-4-11)9-15-10-14-12(2)7-8-16-14/h7-8,11,13,15H,3-6,9-10H2,1-2H3. The summed E-state index contributed by atoms with van der Waals surface area (Å²) in [5.41, 5.74) is 1.25. The Morgan fingerprint density at radius 1 is 1.31 bits per heavy atom. The molecular weight excluding hydrogens is 198 g/mol. The fourth-order valence-electron chi connectivity index (χ4n) is 2.51. The molecule has 90 valence electrons. The molecule has 2 heteroatoms. The minimum absolute atomic E-state index is 0.880. The van der Waals surface area contributed by atoms with E-state index in [4.69, 9.17) is 4.42 Å². The zero-order valence-corrected chi connectivity index (χ0v) is 10.5. The second kappa shape index (κ2) is 5.53. The van der Waals surface area contributed by atoms with Crippen molar-refractivity contribution in [2.24, 2.45) is 11.8 Å². The number of nitrogens with one attached hydrogen (secondary N) is 1. The first kappa shape index (κ1) is 11.7. The van der Waals surface area contributed by atoms with Gasteiger partial charge in [0.2, 0.25) is 0 Å². The summed E-state index contributed by atoms with van der Waals surface area (Å²) in [5.74, 6) is 2.92. The van der Waals surface area contributed by atoms with Gasteiger partial charge >= 0.3 is 0 Å². The summed E-state index contributed by atoms with van der Waals surface area (Å²) in [5, 5.41) is 3.52. The van der Waals surface area contributed by atoms with Crippen LogP contribution in [0.5, 0.6) is 0 Å². The third-order valence-corrected chi connectivity index (χ3v) is 3.82. The Balaban J connectivity index is 1.67. The van der Waals surface area contributed by atoms with Crippen LogP contribution in [0.15, 0.2) is 16.7 Å². The van der Waals surface area contributed by atoms with Crippen LogP contribution >= 0.6 is 0 Å². The number of hydrogen-bond donors (Lipinski definition) is 1. The molecule has 1 aliphatic carbocycles. The SMILES string of the molecule is Cc1ccoc1CNCC1CCC(C)CC1. The number of rotatable bonds is 4. The first-order chi connectivity index (χ1) is 7.75. The molecule has 0 amide bonds. The topological polar surface area (TPSA) is 25.2 Å². The molecular formula is C14H23NO. The maximum absolute atomic E-state index is 5.41.